The molecule has 0 aromatic heterocycles. The summed E-state index contributed by atoms with van der Waals surface area (Å²) in [6, 6.07) is 5.05. The third-order valence-electron chi connectivity index (χ3n) is 4.04. The van der Waals surface area contributed by atoms with Gasteiger partial charge in [-0.25, -0.2) is 4.39 Å². The number of hydrogen-bond donors (Lipinski definition) is 2. The highest BCUT2D eigenvalue weighted by atomic mass is 79.9. The molecule has 1 heterocycles. The summed E-state index contributed by atoms with van der Waals surface area (Å²) in [6.07, 6.45) is 1.66. The summed E-state index contributed by atoms with van der Waals surface area (Å²) in [6.45, 7) is 4.24. The van der Waals surface area contributed by atoms with Gasteiger partial charge in [0.1, 0.15) is 5.82 Å². The van der Waals surface area contributed by atoms with Crippen molar-refractivity contribution in [1.29, 1.82) is 0 Å². The van der Waals surface area contributed by atoms with Gasteiger partial charge in [-0.1, -0.05) is 22.0 Å². The van der Waals surface area contributed by atoms with Crippen molar-refractivity contribution < 1.29 is 14.2 Å². The Morgan fingerprint density at radius 3 is 2.95 bits per heavy atom. The molecule has 3 nitrogen and oxygen atoms in total. The second kappa shape index (κ2) is 6.98. The van der Waals surface area contributed by atoms with E-state index in [-0.39, 0.29) is 23.9 Å². The maximum atomic E-state index is 13.9. The number of benzene rings is 1. The summed E-state index contributed by atoms with van der Waals surface area (Å²) in [5.41, 5.74) is 0.640. The fourth-order valence-electron chi connectivity index (χ4n) is 2.64. The summed E-state index contributed by atoms with van der Waals surface area (Å²) in [5.74, 6) is -0.210. The predicted molar refractivity (Wildman–Crippen MR) is 80.1 cm³/mol. The van der Waals surface area contributed by atoms with Gasteiger partial charge >= 0.3 is 0 Å². The van der Waals surface area contributed by atoms with E-state index in [9.17, 15) is 9.50 Å². The lowest BCUT2D eigenvalue weighted by molar-refractivity contribution is 0.122. The van der Waals surface area contributed by atoms with Crippen LogP contribution in [0.2, 0.25) is 0 Å². The Morgan fingerprint density at radius 2 is 2.35 bits per heavy atom. The van der Waals surface area contributed by atoms with Gasteiger partial charge in [-0.15, -0.1) is 0 Å². The first-order chi connectivity index (χ1) is 9.56. The van der Waals surface area contributed by atoms with Crippen molar-refractivity contribution in [2.24, 2.45) is 5.41 Å². The minimum absolute atomic E-state index is 0.0190. The Morgan fingerprint density at radius 1 is 1.55 bits per heavy atom. The van der Waals surface area contributed by atoms with E-state index in [4.69, 9.17) is 4.74 Å². The highest BCUT2D eigenvalue weighted by Crippen LogP contribution is 2.32. The van der Waals surface area contributed by atoms with E-state index in [1.165, 1.54) is 6.07 Å². The van der Waals surface area contributed by atoms with Crippen molar-refractivity contribution in [1.82, 2.24) is 5.32 Å². The summed E-state index contributed by atoms with van der Waals surface area (Å²) in [4.78, 5) is 0. The van der Waals surface area contributed by atoms with Crippen molar-refractivity contribution >= 4 is 15.9 Å². The van der Waals surface area contributed by atoms with Gasteiger partial charge in [0.15, 0.2) is 0 Å². The largest absolute Gasteiger partial charge is 0.396 e. The van der Waals surface area contributed by atoms with Gasteiger partial charge < -0.3 is 15.2 Å². The van der Waals surface area contributed by atoms with Crippen molar-refractivity contribution in [3.8, 4) is 0 Å². The molecule has 0 unspecified atom stereocenters. The molecule has 2 rings (SSSR count). The lowest BCUT2D eigenvalue weighted by Crippen LogP contribution is -2.37. The molecule has 20 heavy (non-hydrogen) atoms. The van der Waals surface area contributed by atoms with Gasteiger partial charge in [-0.3, -0.25) is 0 Å². The number of aliphatic hydroxyl groups is 1. The number of hydrogen-bond acceptors (Lipinski definition) is 3. The molecule has 0 spiro atoms. The van der Waals surface area contributed by atoms with Gasteiger partial charge in [0.2, 0.25) is 0 Å². The zero-order chi connectivity index (χ0) is 14.6. The zero-order valence-corrected chi connectivity index (χ0v) is 13.2. The normalized spacial score (nSPS) is 24.0. The monoisotopic (exact) mass is 345 g/mol. The molecule has 0 bridgehead atoms. The average molecular weight is 346 g/mol. The number of halogens is 2. The third kappa shape index (κ3) is 3.79. The van der Waals surface area contributed by atoms with Crippen molar-refractivity contribution in [2.45, 2.75) is 25.8 Å². The van der Waals surface area contributed by atoms with Crippen LogP contribution in [0.5, 0.6) is 0 Å². The first-order valence-electron chi connectivity index (χ1n) is 6.93. The van der Waals surface area contributed by atoms with E-state index in [1.807, 2.05) is 13.0 Å². The van der Waals surface area contributed by atoms with Crippen LogP contribution in [0.4, 0.5) is 4.39 Å². The molecule has 1 aliphatic rings. The predicted octanol–water partition coefficient (Wildman–Crippen LogP) is 3.03. The molecular formula is C15H21BrFNO2. The molecule has 5 heteroatoms. The van der Waals surface area contributed by atoms with Crippen LogP contribution >= 0.6 is 15.9 Å². The van der Waals surface area contributed by atoms with Crippen molar-refractivity contribution in [2.75, 3.05) is 26.4 Å². The van der Waals surface area contributed by atoms with Crippen LogP contribution in [-0.4, -0.2) is 31.5 Å². The minimum Gasteiger partial charge on any atom is -0.396 e. The minimum atomic E-state index is -0.210. The van der Waals surface area contributed by atoms with E-state index in [0.717, 1.165) is 30.5 Å². The van der Waals surface area contributed by atoms with Gasteiger partial charge in [0, 0.05) is 41.3 Å². The van der Waals surface area contributed by atoms with Gasteiger partial charge in [0.05, 0.1) is 6.61 Å². The first-order valence-corrected chi connectivity index (χ1v) is 7.73. The van der Waals surface area contributed by atoms with Crippen LogP contribution in [0.3, 0.4) is 0 Å². The molecule has 112 valence electrons. The lowest BCUT2D eigenvalue weighted by Gasteiger charge is -2.29. The SMILES string of the molecule is C[C@@H](NC[C@]1(CCO)CCOC1)c1ccc(Br)cc1F. The lowest BCUT2D eigenvalue weighted by atomic mass is 9.83. The maximum absolute atomic E-state index is 13.9. The van der Waals surface area contributed by atoms with Gasteiger partial charge in [0.25, 0.3) is 0 Å². The number of aliphatic hydroxyl groups excluding tert-OH is 1. The maximum Gasteiger partial charge on any atom is 0.129 e. The van der Waals surface area contributed by atoms with E-state index in [0.29, 0.717) is 12.2 Å². The standard InChI is InChI=1S/C15H21BrFNO2/c1-11(13-3-2-12(16)8-14(13)17)18-9-15(4-6-19)5-7-20-10-15/h2-3,8,11,18-19H,4-7,9-10H2,1H3/t11-,15+/m1/s1. The Balaban J connectivity index is 1.98. The Bertz CT molecular complexity index is 449. The number of nitrogens with one attached hydrogen (secondary N) is 1. The summed E-state index contributed by atoms with van der Waals surface area (Å²) < 4.78 is 20.1. The van der Waals surface area contributed by atoms with Crippen LogP contribution < -0.4 is 5.32 Å². The molecule has 0 aliphatic carbocycles. The first kappa shape index (κ1) is 15.9. The molecular weight excluding hydrogens is 325 g/mol. The molecule has 0 radical (unpaired) electrons. The van der Waals surface area contributed by atoms with Crippen LogP contribution in [0.25, 0.3) is 0 Å². The fourth-order valence-corrected chi connectivity index (χ4v) is 2.98. The summed E-state index contributed by atoms with van der Waals surface area (Å²) in [7, 11) is 0. The fraction of sp³-hybridized carbons (Fsp3) is 0.600. The van der Waals surface area contributed by atoms with E-state index < -0.39 is 0 Å². The quantitative estimate of drug-likeness (QED) is 0.832. The molecule has 2 N–H and O–H groups in total. The highest BCUT2D eigenvalue weighted by molar-refractivity contribution is 9.10. The Labute approximate surface area is 127 Å². The van der Waals surface area contributed by atoms with Gasteiger partial charge in [-0.2, -0.15) is 0 Å². The topological polar surface area (TPSA) is 41.5 Å². The van der Waals surface area contributed by atoms with Crippen LogP contribution in [-0.2, 0) is 4.74 Å². The number of ether oxygens (including phenoxy) is 1. The van der Waals surface area contributed by atoms with Crippen LogP contribution in [0, 0.1) is 11.2 Å². The van der Waals surface area contributed by atoms with Crippen molar-refractivity contribution in [3.05, 3.63) is 34.1 Å². The summed E-state index contributed by atoms with van der Waals surface area (Å²) >= 11 is 3.26. The molecule has 0 amide bonds. The Hall–Kier alpha value is -0.490. The second-order valence-electron chi connectivity index (χ2n) is 5.54. The van der Waals surface area contributed by atoms with Crippen LogP contribution in [0.1, 0.15) is 31.4 Å². The number of rotatable bonds is 6. The van der Waals surface area contributed by atoms with Crippen LogP contribution in [0.15, 0.2) is 22.7 Å². The zero-order valence-electron chi connectivity index (χ0n) is 11.7. The molecule has 2 atom stereocenters. The van der Waals surface area contributed by atoms with E-state index in [1.54, 1.807) is 6.07 Å². The molecule has 1 saturated heterocycles. The van der Waals surface area contributed by atoms with Crippen molar-refractivity contribution in [3.63, 3.8) is 0 Å². The van der Waals surface area contributed by atoms with E-state index in [2.05, 4.69) is 21.2 Å². The van der Waals surface area contributed by atoms with E-state index >= 15 is 0 Å². The molecule has 1 aromatic carbocycles. The van der Waals surface area contributed by atoms with Gasteiger partial charge in [-0.05, 0) is 31.9 Å². The molecule has 1 fully saturated rings. The molecule has 0 saturated carbocycles. The third-order valence-corrected chi connectivity index (χ3v) is 4.53. The second-order valence-corrected chi connectivity index (χ2v) is 6.46. The average Bonchev–Trinajstić information content (AvgIpc) is 2.85. The Kier molecular flexibility index (Phi) is 5.55. The smallest absolute Gasteiger partial charge is 0.129 e. The summed E-state index contributed by atoms with van der Waals surface area (Å²) in [5, 5.41) is 12.6. The molecule has 1 aromatic rings. The highest BCUT2D eigenvalue weighted by Gasteiger charge is 2.34. The molecule has 1 aliphatic heterocycles.